The van der Waals surface area contributed by atoms with E-state index in [1.165, 1.54) is 11.1 Å². The van der Waals surface area contributed by atoms with Crippen LogP contribution in [0.4, 0.5) is 0 Å². The van der Waals surface area contributed by atoms with Crippen LogP contribution >= 0.6 is 0 Å². The maximum Gasteiger partial charge on any atom is 0.0496 e. The summed E-state index contributed by atoms with van der Waals surface area (Å²) >= 11 is 0. The zero-order valence-corrected chi connectivity index (χ0v) is 7.84. The molecule has 0 heterocycles. The molecule has 12 heavy (non-hydrogen) atoms. The minimum absolute atomic E-state index is 0.812. The first kappa shape index (κ1) is 9.27. The van der Waals surface area contributed by atoms with E-state index >= 15 is 0 Å². The first-order valence-corrected chi connectivity index (χ1v) is 4.36. The fourth-order valence-corrected chi connectivity index (χ4v) is 1.22. The van der Waals surface area contributed by atoms with E-state index in [9.17, 15) is 0 Å². The molecule has 0 aromatic heterocycles. The summed E-state index contributed by atoms with van der Waals surface area (Å²) in [6.07, 6.45) is 10.8. The van der Waals surface area contributed by atoms with Crippen molar-refractivity contribution in [2.24, 2.45) is 0 Å². The molecule has 0 fully saturated rings. The van der Waals surface area contributed by atoms with E-state index in [2.05, 4.69) is 31.2 Å². The van der Waals surface area contributed by atoms with Crippen molar-refractivity contribution in [2.45, 2.75) is 19.8 Å². The Hall–Kier alpha value is -0.820. The van der Waals surface area contributed by atoms with Crippen LogP contribution < -0.4 is 0 Å². The topological polar surface area (TPSA) is 9.23 Å². The van der Waals surface area contributed by atoms with Crippen LogP contribution in [0.5, 0.6) is 0 Å². The summed E-state index contributed by atoms with van der Waals surface area (Å²) in [5, 5.41) is 0. The highest BCUT2D eigenvalue weighted by molar-refractivity contribution is 5.40. The van der Waals surface area contributed by atoms with Gasteiger partial charge in [0, 0.05) is 13.7 Å². The summed E-state index contributed by atoms with van der Waals surface area (Å²) in [7, 11) is 1.73. The molecule has 0 amide bonds. The van der Waals surface area contributed by atoms with Crippen molar-refractivity contribution in [1.82, 2.24) is 0 Å². The van der Waals surface area contributed by atoms with Gasteiger partial charge in [0.2, 0.25) is 0 Å². The average molecular weight is 164 g/mol. The number of ether oxygens (including phenoxy) is 1. The van der Waals surface area contributed by atoms with Gasteiger partial charge in [-0.2, -0.15) is 0 Å². The molecule has 0 unspecified atom stereocenters. The zero-order valence-electron chi connectivity index (χ0n) is 7.84. The molecule has 0 spiro atoms. The van der Waals surface area contributed by atoms with Gasteiger partial charge in [-0.25, -0.2) is 0 Å². The molecule has 0 radical (unpaired) electrons. The van der Waals surface area contributed by atoms with Crippen LogP contribution in [0, 0.1) is 0 Å². The predicted octanol–water partition coefficient (Wildman–Crippen LogP) is 2.86. The summed E-state index contributed by atoms with van der Waals surface area (Å²) in [5.41, 5.74) is 2.83. The molecule has 0 bridgehead atoms. The third-order valence-corrected chi connectivity index (χ3v) is 2.00. The van der Waals surface area contributed by atoms with Crippen molar-refractivity contribution in [3.63, 3.8) is 0 Å². The second-order valence-corrected chi connectivity index (χ2v) is 3.03. The maximum absolute atomic E-state index is 4.95. The summed E-state index contributed by atoms with van der Waals surface area (Å²) in [4.78, 5) is 0. The minimum atomic E-state index is 0.812. The summed E-state index contributed by atoms with van der Waals surface area (Å²) in [6.45, 7) is 2.99. The van der Waals surface area contributed by atoms with Gasteiger partial charge in [0.1, 0.15) is 0 Å². The van der Waals surface area contributed by atoms with E-state index in [0.29, 0.717) is 0 Å². The molecule has 0 saturated heterocycles. The molecule has 0 aromatic carbocycles. The summed E-state index contributed by atoms with van der Waals surface area (Å²) in [5.74, 6) is 0. The lowest BCUT2D eigenvalue weighted by atomic mass is 10.1. The van der Waals surface area contributed by atoms with Gasteiger partial charge in [0.15, 0.2) is 0 Å². The molecule has 0 aliphatic heterocycles. The van der Waals surface area contributed by atoms with Gasteiger partial charge in [-0.3, -0.25) is 0 Å². The summed E-state index contributed by atoms with van der Waals surface area (Å²) < 4.78 is 4.95. The van der Waals surface area contributed by atoms with Crippen molar-refractivity contribution in [1.29, 1.82) is 0 Å². The molecule has 66 valence electrons. The zero-order chi connectivity index (χ0) is 8.81. The molecule has 1 rings (SSSR count). The van der Waals surface area contributed by atoms with Crippen LogP contribution in [-0.2, 0) is 4.74 Å². The van der Waals surface area contributed by atoms with E-state index in [4.69, 9.17) is 4.74 Å². The van der Waals surface area contributed by atoms with Crippen LogP contribution in [0.2, 0.25) is 0 Å². The third-order valence-electron chi connectivity index (χ3n) is 2.00. The molecule has 0 aromatic rings. The Morgan fingerprint density at radius 3 is 3.00 bits per heavy atom. The second-order valence-electron chi connectivity index (χ2n) is 3.03. The normalized spacial score (nSPS) is 16.8. The summed E-state index contributed by atoms with van der Waals surface area (Å²) in [6, 6.07) is 0. The van der Waals surface area contributed by atoms with Crippen molar-refractivity contribution >= 4 is 0 Å². The van der Waals surface area contributed by atoms with Gasteiger partial charge in [0.25, 0.3) is 0 Å². The Bertz CT molecular complexity index is 221. The molecule has 0 saturated carbocycles. The Labute approximate surface area is 74.4 Å². The van der Waals surface area contributed by atoms with Gasteiger partial charge >= 0.3 is 0 Å². The molecule has 0 atom stereocenters. The third kappa shape index (κ3) is 2.67. The number of hydrogen-bond acceptors (Lipinski definition) is 1. The lowest BCUT2D eigenvalue weighted by Gasteiger charge is -1.94. The lowest BCUT2D eigenvalue weighted by Crippen LogP contribution is -1.84. The van der Waals surface area contributed by atoms with E-state index in [-0.39, 0.29) is 0 Å². The number of allylic oxidation sites excluding steroid dienone is 5. The maximum atomic E-state index is 4.95. The van der Waals surface area contributed by atoms with Gasteiger partial charge < -0.3 is 4.74 Å². The second kappa shape index (κ2) is 4.94. The van der Waals surface area contributed by atoms with E-state index in [0.717, 1.165) is 19.4 Å². The van der Waals surface area contributed by atoms with Crippen LogP contribution in [0.3, 0.4) is 0 Å². The largest absolute Gasteiger partial charge is 0.384 e. The van der Waals surface area contributed by atoms with Gasteiger partial charge in [-0.15, -0.1) is 0 Å². The number of rotatable bonds is 4. The first-order valence-electron chi connectivity index (χ1n) is 4.36. The monoisotopic (exact) mass is 164 g/mol. The van der Waals surface area contributed by atoms with Gasteiger partial charge in [-0.1, -0.05) is 29.9 Å². The highest BCUT2D eigenvalue weighted by Gasteiger charge is 1.99. The standard InChI is InChI=1S/C11H16O/c1-10-6-5-8-11(10)7-3-4-9-12-2/h3,5,7-8H,4,6,9H2,1-2H3/b7-3-. The van der Waals surface area contributed by atoms with Gasteiger partial charge in [-0.05, 0) is 25.3 Å². The fraction of sp³-hybridized carbons (Fsp3) is 0.455. The van der Waals surface area contributed by atoms with Crippen molar-refractivity contribution in [3.05, 3.63) is 35.5 Å². The molecule has 1 nitrogen and oxygen atoms in total. The Kier molecular flexibility index (Phi) is 3.81. The number of hydrogen-bond donors (Lipinski definition) is 0. The smallest absolute Gasteiger partial charge is 0.0496 e. The average Bonchev–Trinajstić information content (AvgIpc) is 2.46. The highest BCUT2D eigenvalue weighted by atomic mass is 16.5. The van der Waals surface area contributed by atoms with Crippen LogP contribution in [-0.4, -0.2) is 13.7 Å². The molecule has 1 aliphatic rings. The van der Waals surface area contributed by atoms with Gasteiger partial charge in [0.05, 0.1) is 0 Å². The van der Waals surface area contributed by atoms with Crippen molar-refractivity contribution in [2.75, 3.05) is 13.7 Å². The Morgan fingerprint density at radius 1 is 1.58 bits per heavy atom. The predicted molar refractivity (Wildman–Crippen MR) is 52.1 cm³/mol. The Balaban J connectivity index is 2.35. The van der Waals surface area contributed by atoms with Crippen molar-refractivity contribution in [3.8, 4) is 0 Å². The fourth-order valence-electron chi connectivity index (χ4n) is 1.22. The van der Waals surface area contributed by atoms with E-state index in [1.54, 1.807) is 7.11 Å². The SMILES string of the molecule is COCC/C=C\C1=C(C)CC=C1. The molecular weight excluding hydrogens is 148 g/mol. The molecule has 1 aliphatic carbocycles. The lowest BCUT2D eigenvalue weighted by molar-refractivity contribution is 0.204. The first-order chi connectivity index (χ1) is 5.84. The Morgan fingerprint density at radius 2 is 2.42 bits per heavy atom. The van der Waals surface area contributed by atoms with E-state index in [1.807, 2.05) is 0 Å². The van der Waals surface area contributed by atoms with Crippen LogP contribution in [0.25, 0.3) is 0 Å². The molecule has 0 N–H and O–H groups in total. The van der Waals surface area contributed by atoms with Crippen LogP contribution in [0.1, 0.15) is 19.8 Å². The molecular formula is C11H16O. The minimum Gasteiger partial charge on any atom is -0.384 e. The van der Waals surface area contributed by atoms with E-state index < -0.39 is 0 Å². The quantitative estimate of drug-likeness (QED) is 0.580. The van der Waals surface area contributed by atoms with Crippen molar-refractivity contribution < 1.29 is 4.74 Å². The highest BCUT2D eigenvalue weighted by Crippen LogP contribution is 2.18. The van der Waals surface area contributed by atoms with Crippen LogP contribution in [0.15, 0.2) is 35.5 Å². The molecule has 1 heteroatoms. The number of methoxy groups -OCH3 is 1.